The largest absolute Gasteiger partial charge is 0.465 e. The van der Waals surface area contributed by atoms with Crippen LogP contribution in [-0.4, -0.2) is 60.9 Å². The first-order valence-corrected chi connectivity index (χ1v) is 4.74. The Hall–Kier alpha value is -1.90. The molecule has 6 nitrogen and oxygen atoms in total. The summed E-state index contributed by atoms with van der Waals surface area (Å²) in [6.45, 7) is 0.683. The molecule has 0 rings (SSSR count). The Morgan fingerprint density at radius 2 is 1.88 bits per heavy atom. The highest BCUT2D eigenvalue weighted by atomic mass is 16.6. The Morgan fingerprint density at radius 3 is 2.38 bits per heavy atom. The van der Waals surface area contributed by atoms with Crippen molar-refractivity contribution in [3.63, 3.8) is 0 Å². The molecule has 0 atom stereocenters. The number of carbonyl (C=O) groups is 2. The van der Waals surface area contributed by atoms with Crippen LogP contribution < -0.4 is 0 Å². The SMILES string of the molecule is C#CCCOC(=O)N(C)CCN(C)C(=O)O. The van der Waals surface area contributed by atoms with Crippen molar-refractivity contribution in [3.05, 3.63) is 0 Å². The second-order valence-corrected chi connectivity index (χ2v) is 3.19. The summed E-state index contributed by atoms with van der Waals surface area (Å²) in [7, 11) is 2.97. The van der Waals surface area contributed by atoms with E-state index in [4.69, 9.17) is 16.3 Å². The van der Waals surface area contributed by atoms with Crippen LogP contribution in [0.1, 0.15) is 6.42 Å². The van der Waals surface area contributed by atoms with Crippen LogP contribution in [0.2, 0.25) is 0 Å². The summed E-state index contributed by atoms with van der Waals surface area (Å²) in [5.41, 5.74) is 0. The highest BCUT2D eigenvalue weighted by molar-refractivity contribution is 5.67. The quantitative estimate of drug-likeness (QED) is 0.555. The number of rotatable bonds is 5. The molecule has 2 amide bonds. The molecule has 0 saturated carbocycles. The first-order valence-electron chi connectivity index (χ1n) is 4.74. The lowest BCUT2D eigenvalue weighted by molar-refractivity contribution is 0.107. The molecule has 0 aromatic rings. The predicted octanol–water partition coefficient (Wildman–Crippen LogP) is 0.688. The van der Waals surface area contributed by atoms with E-state index in [0.29, 0.717) is 6.42 Å². The van der Waals surface area contributed by atoms with E-state index in [1.165, 1.54) is 19.0 Å². The molecule has 0 bridgehead atoms. The number of carboxylic acid groups (broad SMARTS) is 1. The molecular weight excluding hydrogens is 212 g/mol. The number of amides is 2. The first kappa shape index (κ1) is 14.1. The van der Waals surface area contributed by atoms with E-state index in [1.54, 1.807) is 0 Å². The van der Waals surface area contributed by atoms with Gasteiger partial charge in [0.25, 0.3) is 0 Å². The first-order chi connectivity index (χ1) is 7.49. The highest BCUT2D eigenvalue weighted by Gasteiger charge is 2.12. The van der Waals surface area contributed by atoms with Gasteiger partial charge in [-0.3, -0.25) is 0 Å². The molecule has 0 aliphatic heterocycles. The third-order valence-corrected chi connectivity index (χ3v) is 1.88. The Bertz CT molecular complexity index is 285. The van der Waals surface area contributed by atoms with Gasteiger partial charge in [0.2, 0.25) is 0 Å². The number of carbonyl (C=O) groups excluding carboxylic acids is 1. The van der Waals surface area contributed by atoms with Gasteiger partial charge >= 0.3 is 12.2 Å². The molecule has 0 aliphatic rings. The van der Waals surface area contributed by atoms with Gasteiger partial charge in [-0.05, 0) is 0 Å². The van der Waals surface area contributed by atoms with Crippen LogP contribution in [0, 0.1) is 12.3 Å². The van der Waals surface area contributed by atoms with Gasteiger partial charge < -0.3 is 19.6 Å². The number of nitrogens with zero attached hydrogens (tertiary/aromatic N) is 2. The molecule has 0 aromatic heterocycles. The van der Waals surface area contributed by atoms with E-state index in [2.05, 4.69) is 5.92 Å². The van der Waals surface area contributed by atoms with Gasteiger partial charge in [-0.25, -0.2) is 9.59 Å². The van der Waals surface area contributed by atoms with Crippen LogP contribution in [0.25, 0.3) is 0 Å². The van der Waals surface area contributed by atoms with Crippen molar-refractivity contribution in [2.45, 2.75) is 6.42 Å². The van der Waals surface area contributed by atoms with E-state index in [-0.39, 0.29) is 19.7 Å². The molecule has 0 spiro atoms. The number of hydrogen-bond donors (Lipinski definition) is 1. The summed E-state index contributed by atoms with van der Waals surface area (Å²) in [4.78, 5) is 24.1. The van der Waals surface area contributed by atoms with Crippen molar-refractivity contribution in [2.75, 3.05) is 33.8 Å². The van der Waals surface area contributed by atoms with Gasteiger partial charge in [0.15, 0.2) is 0 Å². The normalized spacial score (nSPS) is 9.06. The topological polar surface area (TPSA) is 70.1 Å². The maximum Gasteiger partial charge on any atom is 0.409 e. The molecule has 0 heterocycles. The summed E-state index contributed by atoms with van der Waals surface area (Å²) < 4.78 is 4.82. The molecule has 0 radical (unpaired) electrons. The van der Waals surface area contributed by atoms with Crippen LogP contribution in [-0.2, 0) is 4.74 Å². The zero-order valence-electron chi connectivity index (χ0n) is 9.47. The van der Waals surface area contributed by atoms with Crippen molar-refractivity contribution < 1.29 is 19.4 Å². The summed E-state index contributed by atoms with van der Waals surface area (Å²) >= 11 is 0. The van der Waals surface area contributed by atoms with Gasteiger partial charge in [0.05, 0.1) is 0 Å². The number of terminal acetylenes is 1. The van der Waals surface area contributed by atoms with Crippen LogP contribution >= 0.6 is 0 Å². The fourth-order valence-corrected chi connectivity index (χ4v) is 0.794. The monoisotopic (exact) mass is 228 g/mol. The zero-order valence-corrected chi connectivity index (χ0v) is 9.47. The van der Waals surface area contributed by atoms with Gasteiger partial charge in [-0.2, -0.15) is 0 Å². The zero-order chi connectivity index (χ0) is 12.6. The molecule has 90 valence electrons. The van der Waals surface area contributed by atoms with Crippen molar-refractivity contribution in [1.29, 1.82) is 0 Å². The van der Waals surface area contributed by atoms with E-state index < -0.39 is 12.2 Å². The summed E-state index contributed by atoms with van der Waals surface area (Å²) in [6.07, 6.45) is 3.83. The molecule has 0 aromatic carbocycles. The smallest absolute Gasteiger partial charge is 0.409 e. The molecular formula is C10H16N2O4. The number of ether oxygens (including phenoxy) is 1. The Labute approximate surface area is 94.8 Å². The third-order valence-electron chi connectivity index (χ3n) is 1.88. The van der Waals surface area contributed by atoms with E-state index in [0.717, 1.165) is 4.90 Å². The third kappa shape index (κ3) is 5.75. The second-order valence-electron chi connectivity index (χ2n) is 3.19. The van der Waals surface area contributed by atoms with Crippen molar-refractivity contribution in [3.8, 4) is 12.3 Å². The molecule has 0 aliphatic carbocycles. The lowest BCUT2D eigenvalue weighted by Crippen LogP contribution is -2.37. The Balaban J connectivity index is 3.79. The van der Waals surface area contributed by atoms with E-state index in [9.17, 15) is 9.59 Å². The highest BCUT2D eigenvalue weighted by Crippen LogP contribution is 1.93. The minimum absolute atomic E-state index is 0.175. The van der Waals surface area contributed by atoms with E-state index >= 15 is 0 Å². The fraction of sp³-hybridized carbons (Fsp3) is 0.600. The van der Waals surface area contributed by atoms with Crippen molar-refractivity contribution in [2.24, 2.45) is 0 Å². The summed E-state index contributed by atoms with van der Waals surface area (Å²) in [5, 5.41) is 8.58. The van der Waals surface area contributed by atoms with Gasteiger partial charge in [-0.15, -0.1) is 12.3 Å². The summed E-state index contributed by atoms with van der Waals surface area (Å²) in [6, 6.07) is 0. The predicted molar refractivity (Wildman–Crippen MR) is 58.1 cm³/mol. The number of likely N-dealkylation sites (N-methyl/N-ethyl adjacent to an activating group) is 2. The average Bonchev–Trinajstić information content (AvgIpc) is 2.25. The fourth-order valence-electron chi connectivity index (χ4n) is 0.794. The second kappa shape index (κ2) is 7.40. The lowest BCUT2D eigenvalue weighted by atomic mass is 10.5. The molecule has 16 heavy (non-hydrogen) atoms. The van der Waals surface area contributed by atoms with Crippen LogP contribution in [0.3, 0.4) is 0 Å². The van der Waals surface area contributed by atoms with Gasteiger partial charge in [0.1, 0.15) is 6.61 Å². The van der Waals surface area contributed by atoms with Crippen molar-refractivity contribution in [1.82, 2.24) is 9.80 Å². The van der Waals surface area contributed by atoms with E-state index in [1.807, 2.05) is 0 Å². The molecule has 0 fully saturated rings. The minimum Gasteiger partial charge on any atom is -0.465 e. The molecule has 0 saturated heterocycles. The number of hydrogen-bond acceptors (Lipinski definition) is 3. The van der Waals surface area contributed by atoms with Gasteiger partial charge in [-0.1, -0.05) is 0 Å². The van der Waals surface area contributed by atoms with Crippen LogP contribution in [0.4, 0.5) is 9.59 Å². The maximum atomic E-state index is 11.3. The standard InChI is InChI=1S/C10H16N2O4/c1-4-5-8-16-10(15)12(3)7-6-11(2)9(13)14/h1H,5-8H2,2-3H3,(H,13,14). The van der Waals surface area contributed by atoms with Crippen LogP contribution in [0.15, 0.2) is 0 Å². The van der Waals surface area contributed by atoms with Crippen LogP contribution in [0.5, 0.6) is 0 Å². The summed E-state index contributed by atoms with van der Waals surface area (Å²) in [5.74, 6) is 2.35. The Morgan fingerprint density at radius 1 is 1.31 bits per heavy atom. The van der Waals surface area contributed by atoms with Crippen molar-refractivity contribution >= 4 is 12.2 Å². The van der Waals surface area contributed by atoms with Gasteiger partial charge in [0, 0.05) is 33.6 Å². The molecule has 6 heteroatoms. The minimum atomic E-state index is -1.03. The maximum absolute atomic E-state index is 11.3. The molecule has 1 N–H and O–H groups in total. The average molecular weight is 228 g/mol. The molecule has 0 unspecified atom stereocenters. The Kier molecular flexibility index (Phi) is 6.52. The lowest BCUT2D eigenvalue weighted by Gasteiger charge is -2.19.